The van der Waals surface area contributed by atoms with Gasteiger partial charge in [-0.15, -0.1) is 10.2 Å². The second-order valence-electron chi connectivity index (χ2n) is 5.67. The van der Waals surface area contributed by atoms with Gasteiger partial charge in [-0.1, -0.05) is 20.3 Å². The number of nitrogens with zero attached hydrogens (tertiary/aromatic N) is 3. The highest BCUT2D eigenvalue weighted by Crippen LogP contribution is 2.23. The molecule has 0 spiro atoms. The van der Waals surface area contributed by atoms with Crippen LogP contribution in [-0.4, -0.2) is 23.2 Å². The summed E-state index contributed by atoms with van der Waals surface area (Å²) in [5, 5.41) is 12.8. The van der Waals surface area contributed by atoms with E-state index in [1.54, 1.807) is 4.57 Å². The Labute approximate surface area is 109 Å². The molecule has 0 amide bonds. The molecule has 0 aliphatic carbocycles. The van der Waals surface area contributed by atoms with E-state index < -0.39 is 15.6 Å². The lowest BCUT2D eigenvalue weighted by atomic mass is 10.0. The largest absolute Gasteiger partial charge is 0.295 e. The Balaban J connectivity index is 3.34. The number of hydrogen-bond acceptors (Lipinski definition) is 4. The van der Waals surface area contributed by atoms with Crippen molar-refractivity contribution in [3.63, 3.8) is 0 Å². The number of hydrogen-bond donors (Lipinski definition) is 1. The predicted octanol–water partition coefficient (Wildman–Crippen LogP) is 1.27. The molecule has 6 nitrogen and oxygen atoms in total. The van der Waals surface area contributed by atoms with Crippen LogP contribution in [0.4, 0.5) is 0 Å². The third-order valence-electron chi connectivity index (χ3n) is 2.85. The van der Waals surface area contributed by atoms with Gasteiger partial charge in [-0.2, -0.15) is 0 Å². The van der Waals surface area contributed by atoms with E-state index in [1.807, 2.05) is 20.8 Å². The minimum Gasteiger partial charge on any atom is -0.295 e. The van der Waals surface area contributed by atoms with Gasteiger partial charge in [-0.25, -0.2) is 13.6 Å². The lowest BCUT2D eigenvalue weighted by Gasteiger charge is -2.25. The summed E-state index contributed by atoms with van der Waals surface area (Å²) in [6.45, 7) is 9.91. The van der Waals surface area contributed by atoms with Crippen molar-refractivity contribution in [1.82, 2.24) is 14.8 Å². The SMILES string of the molecule is CCC(C)Cc1nnc(S(N)(=O)=O)n1C(C)(C)C. The minimum atomic E-state index is -3.85. The van der Waals surface area contributed by atoms with E-state index in [0.717, 1.165) is 6.42 Å². The Morgan fingerprint density at radius 2 is 1.89 bits per heavy atom. The summed E-state index contributed by atoms with van der Waals surface area (Å²) < 4.78 is 24.7. The number of rotatable bonds is 4. The number of nitrogens with two attached hydrogens (primary N) is 1. The summed E-state index contributed by atoms with van der Waals surface area (Å²) in [5.74, 6) is 1.09. The van der Waals surface area contributed by atoms with Crippen molar-refractivity contribution in [2.24, 2.45) is 11.1 Å². The summed E-state index contributed by atoms with van der Waals surface area (Å²) in [6.07, 6.45) is 1.69. The zero-order chi connectivity index (χ0) is 14.1. The average Bonchev–Trinajstić information content (AvgIpc) is 2.60. The fourth-order valence-corrected chi connectivity index (χ4v) is 2.54. The van der Waals surface area contributed by atoms with E-state index in [0.29, 0.717) is 18.2 Å². The Morgan fingerprint density at radius 3 is 2.28 bits per heavy atom. The summed E-state index contributed by atoms with van der Waals surface area (Å²) in [7, 11) is -3.85. The fraction of sp³-hybridized carbons (Fsp3) is 0.818. The smallest absolute Gasteiger partial charge is 0.273 e. The molecule has 0 bridgehead atoms. The van der Waals surface area contributed by atoms with Crippen molar-refractivity contribution in [1.29, 1.82) is 0 Å². The Morgan fingerprint density at radius 1 is 1.33 bits per heavy atom. The molecule has 1 rings (SSSR count). The summed E-state index contributed by atoms with van der Waals surface area (Å²) in [4.78, 5) is 0. The molecule has 1 aromatic rings. The zero-order valence-electron chi connectivity index (χ0n) is 11.6. The first kappa shape index (κ1) is 15.1. The highest BCUT2D eigenvalue weighted by molar-refractivity contribution is 7.89. The fourth-order valence-electron chi connectivity index (χ4n) is 1.75. The van der Waals surface area contributed by atoms with Crippen LogP contribution in [0, 0.1) is 5.92 Å². The molecule has 0 radical (unpaired) electrons. The van der Waals surface area contributed by atoms with Gasteiger partial charge in [0.25, 0.3) is 15.2 Å². The van der Waals surface area contributed by atoms with Crippen molar-refractivity contribution >= 4 is 10.0 Å². The first-order valence-corrected chi connectivity index (χ1v) is 7.59. The quantitative estimate of drug-likeness (QED) is 0.895. The van der Waals surface area contributed by atoms with Crippen LogP contribution in [0.5, 0.6) is 0 Å². The number of sulfonamides is 1. The first-order valence-electron chi connectivity index (χ1n) is 6.05. The highest BCUT2D eigenvalue weighted by Gasteiger charge is 2.28. The van der Waals surface area contributed by atoms with E-state index in [2.05, 4.69) is 24.0 Å². The van der Waals surface area contributed by atoms with Crippen LogP contribution in [0.2, 0.25) is 0 Å². The third kappa shape index (κ3) is 3.29. The Kier molecular flexibility index (Phi) is 4.17. The molecule has 0 aliphatic rings. The van der Waals surface area contributed by atoms with Crippen LogP contribution in [0.25, 0.3) is 0 Å². The van der Waals surface area contributed by atoms with E-state index in [-0.39, 0.29) is 5.16 Å². The van der Waals surface area contributed by atoms with Gasteiger partial charge >= 0.3 is 0 Å². The molecule has 0 fully saturated rings. The molecule has 1 atom stereocenters. The maximum absolute atomic E-state index is 11.5. The summed E-state index contributed by atoms with van der Waals surface area (Å²) >= 11 is 0. The van der Waals surface area contributed by atoms with Crippen LogP contribution in [0.3, 0.4) is 0 Å². The van der Waals surface area contributed by atoms with Gasteiger partial charge in [0.15, 0.2) is 0 Å². The molecular formula is C11H22N4O2S. The van der Waals surface area contributed by atoms with Crippen molar-refractivity contribution in [3.05, 3.63) is 5.82 Å². The van der Waals surface area contributed by atoms with E-state index >= 15 is 0 Å². The van der Waals surface area contributed by atoms with E-state index in [1.165, 1.54) is 0 Å². The van der Waals surface area contributed by atoms with Crippen molar-refractivity contribution in [2.45, 2.75) is 58.2 Å². The maximum atomic E-state index is 11.5. The van der Waals surface area contributed by atoms with Gasteiger partial charge in [-0.3, -0.25) is 4.57 Å². The van der Waals surface area contributed by atoms with Gasteiger partial charge in [0.2, 0.25) is 0 Å². The number of primary sulfonamides is 1. The van der Waals surface area contributed by atoms with E-state index in [4.69, 9.17) is 5.14 Å². The number of aromatic nitrogens is 3. The van der Waals surface area contributed by atoms with Gasteiger partial charge in [-0.05, 0) is 26.7 Å². The summed E-state index contributed by atoms with van der Waals surface area (Å²) in [5.41, 5.74) is -0.423. The lowest BCUT2D eigenvalue weighted by molar-refractivity contribution is 0.342. The maximum Gasteiger partial charge on any atom is 0.273 e. The summed E-state index contributed by atoms with van der Waals surface area (Å²) in [6, 6.07) is 0. The molecule has 1 unspecified atom stereocenters. The van der Waals surface area contributed by atoms with Gasteiger partial charge in [0, 0.05) is 12.0 Å². The molecule has 2 N–H and O–H groups in total. The van der Waals surface area contributed by atoms with Gasteiger partial charge in [0.1, 0.15) is 5.82 Å². The molecule has 0 aliphatic heterocycles. The standard InChI is InChI=1S/C11H22N4O2S/c1-6-8(2)7-9-13-14-10(18(12,16)17)15(9)11(3,4)5/h8H,6-7H2,1-5H3,(H2,12,16,17). The minimum absolute atomic E-state index is 0.159. The molecule has 7 heteroatoms. The van der Waals surface area contributed by atoms with Crippen molar-refractivity contribution in [2.75, 3.05) is 0 Å². The second-order valence-corrected chi connectivity index (χ2v) is 7.12. The van der Waals surface area contributed by atoms with E-state index in [9.17, 15) is 8.42 Å². The van der Waals surface area contributed by atoms with Crippen LogP contribution >= 0.6 is 0 Å². The Bertz CT molecular complexity index is 514. The molecule has 1 heterocycles. The van der Waals surface area contributed by atoms with Crippen LogP contribution < -0.4 is 5.14 Å². The molecule has 1 aromatic heterocycles. The normalized spacial score (nSPS) is 14.8. The van der Waals surface area contributed by atoms with Crippen LogP contribution in [-0.2, 0) is 22.0 Å². The van der Waals surface area contributed by atoms with Crippen molar-refractivity contribution < 1.29 is 8.42 Å². The van der Waals surface area contributed by atoms with Crippen LogP contribution in [0.15, 0.2) is 5.16 Å². The first-order chi connectivity index (χ1) is 8.07. The average molecular weight is 274 g/mol. The van der Waals surface area contributed by atoms with Crippen molar-refractivity contribution in [3.8, 4) is 0 Å². The monoisotopic (exact) mass is 274 g/mol. The molecule has 0 saturated heterocycles. The second kappa shape index (κ2) is 4.97. The van der Waals surface area contributed by atoms with Crippen LogP contribution in [0.1, 0.15) is 46.9 Å². The third-order valence-corrected chi connectivity index (χ3v) is 3.63. The molecular weight excluding hydrogens is 252 g/mol. The molecule has 0 saturated carbocycles. The Hall–Kier alpha value is -0.950. The lowest BCUT2D eigenvalue weighted by Crippen LogP contribution is -2.30. The molecule has 104 valence electrons. The van der Waals surface area contributed by atoms with Gasteiger partial charge < -0.3 is 0 Å². The zero-order valence-corrected chi connectivity index (χ0v) is 12.5. The molecule has 0 aromatic carbocycles. The topological polar surface area (TPSA) is 90.9 Å². The molecule has 18 heavy (non-hydrogen) atoms. The van der Waals surface area contributed by atoms with Gasteiger partial charge in [0.05, 0.1) is 0 Å². The highest BCUT2D eigenvalue weighted by atomic mass is 32.2. The predicted molar refractivity (Wildman–Crippen MR) is 69.6 cm³/mol.